The summed E-state index contributed by atoms with van der Waals surface area (Å²) in [6.07, 6.45) is 0.793. The van der Waals surface area contributed by atoms with Gasteiger partial charge in [-0.25, -0.2) is 4.39 Å². The lowest BCUT2D eigenvalue weighted by atomic mass is 9.89. The number of hydrogen-bond donors (Lipinski definition) is 1. The first kappa shape index (κ1) is 11.1. The third-order valence-electron chi connectivity index (χ3n) is 2.82. The lowest BCUT2D eigenvalue weighted by Gasteiger charge is -2.29. The number of carbonyl (C=O) groups is 1. The molecule has 4 heteroatoms. The molecule has 2 rings (SSSR count). The molecule has 1 fully saturated rings. The zero-order chi connectivity index (χ0) is 11.5. The zero-order valence-electron chi connectivity index (χ0n) is 8.73. The monoisotopic (exact) mass is 224 g/mol. The van der Waals surface area contributed by atoms with Crippen molar-refractivity contribution in [2.45, 2.75) is 18.9 Å². The van der Waals surface area contributed by atoms with Crippen LogP contribution in [-0.2, 0) is 9.53 Å². The van der Waals surface area contributed by atoms with Crippen LogP contribution < -0.4 is 0 Å². The topological polar surface area (TPSA) is 46.5 Å². The van der Waals surface area contributed by atoms with Crippen molar-refractivity contribution in [3.63, 3.8) is 0 Å². The van der Waals surface area contributed by atoms with Gasteiger partial charge in [-0.2, -0.15) is 0 Å². The van der Waals surface area contributed by atoms with Crippen LogP contribution in [-0.4, -0.2) is 17.7 Å². The summed E-state index contributed by atoms with van der Waals surface area (Å²) in [4.78, 5) is 11.0. The third-order valence-corrected chi connectivity index (χ3v) is 2.82. The first-order valence-corrected chi connectivity index (χ1v) is 5.28. The first-order chi connectivity index (χ1) is 7.68. The van der Waals surface area contributed by atoms with Gasteiger partial charge in [0.2, 0.25) is 0 Å². The van der Waals surface area contributed by atoms with E-state index >= 15 is 0 Å². The van der Waals surface area contributed by atoms with Gasteiger partial charge in [-0.05, 0) is 30.5 Å². The molecule has 1 aliphatic heterocycles. The molecule has 0 saturated carbocycles. The summed E-state index contributed by atoms with van der Waals surface area (Å²) in [5, 5.41) is 9.07. The summed E-state index contributed by atoms with van der Waals surface area (Å²) in [7, 11) is 0. The van der Waals surface area contributed by atoms with E-state index < -0.39 is 18.0 Å². The number of halogens is 1. The molecule has 1 heterocycles. The predicted molar refractivity (Wildman–Crippen MR) is 55.5 cm³/mol. The molecular formula is C12H13FO3. The number of ether oxygens (including phenoxy) is 1. The van der Waals surface area contributed by atoms with Gasteiger partial charge in [-0.1, -0.05) is 12.1 Å². The Balaban J connectivity index is 2.26. The molecule has 1 saturated heterocycles. The Morgan fingerprint density at radius 2 is 2.31 bits per heavy atom. The summed E-state index contributed by atoms with van der Waals surface area (Å²) in [5.74, 6) is -1.82. The summed E-state index contributed by atoms with van der Waals surface area (Å²) in [6, 6.07) is 5.95. The van der Waals surface area contributed by atoms with Gasteiger partial charge in [-0.3, -0.25) is 4.79 Å². The van der Waals surface area contributed by atoms with Gasteiger partial charge in [0.1, 0.15) is 5.82 Å². The van der Waals surface area contributed by atoms with Crippen molar-refractivity contribution in [3.8, 4) is 0 Å². The highest BCUT2D eigenvalue weighted by atomic mass is 19.1. The van der Waals surface area contributed by atoms with E-state index in [4.69, 9.17) is 9.84 Å². The number of aliphatic carboxylic acids is 1. The minimum absolute atomic E-state index is 0.365. The molecule has 16 heavy (non-hydrogen) atoms. The van der Waals surface area contributed by atoms with Crippen LogP contribution in [0.1, 0.15) is 24.5 Å². The van der Waals surface area contributed by atoms with Gasteiger partial charge in [0.25, 0.3) is 0 Å². The maximum absolute atomic E-state index is 13.0. The average molecular weight is 224 g/mol. The summed E-state index contributed by atoms with van der Waals surface area (Å²) in [6.45, 7) is 0.533. The summed E-state index contributed by atoms with van der Waals surface area (Å²) < 4.78 is 18.5. The van der Waals surface area contributed by atoms with E-state index in [-0.39, 0.29) is 5.82 Å². The normalized spacial score (nSPS) is 25.3. The smallest absolute Gasteiger partial charge is 0.309 e. The van der Waals surface area contributed by atoms with Crippen LogP contribution >= 0.6 is 0 Å². The fraction of sp³-hybridized carbons (Fsp3) is 0.417. The second kappa shape index (κ2) is 4.61. The Kier molecular flexibility index (Phi) is 3.19. The number of carboxylic acid groups (broad SMARTS) is 1. The van der Waals surface area contributed by atoms with E-state index in [9.17, 15) is 9.18 Å². The maximum atomic E-state index is 13.0. The molecule has 1 aromatic carbocycles. The first-order valence-electron chi connectivity index (χ1n) is 5.28. The molecular weight excluding hydrogens is 211 g/mol. The van der Waals surface area contributed by atoms with Crippen LogP contribution in [0.15, 0.2) is 24.3 Å². The van der Waals surface area contributed by atoms with Gasteiger partial charge in [-0.15, -0.1) is 0 Å². The van der Waals surface area contributed by atoms with Crippen LogP contribution in [0.3, 0.4) is 0 Å². The minimum Gasteiger partial charge on any atom is -0.481 e. The van der Waals surface area contributed by atoms with E-state index in [0.29, 0.717) is 18.6 Å². The standard InChI is InChI=1S/C12H13FO3/c13-9-4-1-3-8(7-9)11-10(12(14)15)5-2-6-16-11/h1,3-4,7,10-11H,2,5-6H2,(H,14,15). The van der Waals surface area contributed by atoms with Crippen molar-refractivity contribution < 1.29 is 19.0 Å². The maximum Gasteiger partial charge on any atom is 0.309 e. The molecule has 2 atom stereocenters. The number of carboxylic acids is 1. The minimum atomic E-state index is -0.881. The van der Waals surface area contributed by atoms with Gasteiger partial charge in [0.05, 0.1) is 12.0 Å². The van der Waals surface area contributed by atoms with Crippen LogP contribution in [0.25, 0.3) is 0 Å². The van der Waals surface area contributed by atoms with Crippen LogP contribution in [0, 0.1) is 11.7 Å². The highest BCUT2D eigenvalue weighted by Gasteiger charge is 2.32. The molecule has 3 nitrogen and oxygen atoms in total. The Bertz CT molecular complexity index is 392. The van der Waals surface area contributed by atoms with Gasteiger partial charge >= 0.3 is 5.97 Å². The molecule has 1 N–H and O–H groups in total. The Morgan fingerprint density at radius 3 is 3.00 bits per heavy atom. The van der Waals surface area contributed by atoms with Crippen molar-refractivity contribution in [1.82, 2.24) is 0 Å². The average Bonchev–Trinajstić information content (AvgIpc) is 2.29. The van der Waals surface area contributed by atoms with Crippen LogP contribution in [0.2, 0.25) is 0 Å². The fourth-order valence-electron chi connectivity index (χ4n) is 2.05. The van der Waals surface area contributed by atoms with Gasteiger partial charge < -0.3 is 9.84 Å². The zero-order valence-corrected chi connectivity index (χ0v) is 8.73. The summed E-state index contributed by atoms with van der Waals surface area (Å²) in [5.41, 5.74) is 0.604. The Morgan fingerprint density at radius 1 is 1.50 bits per heavy atom. The SMILES string of the molecule is O=C(O)C1CCCOC1c1cccc(F)c1. The molecule has 0 amide bonds. The lowest BCUT2D eigenvalue weighted by Crippen LogP contribution is -2.28. The number of benzene rings is 1. The Labute approximate surface area is 92.9 Å². The van der Waals surface area contributed by atoms with Crippen molar-refractivity contribution >= 4 is 5.97 Å². The molecule has 0 aliphatic carbocycles. The molecule has 0 radical (unpaired) electrons. The largest absolute Gasteiger partial charge is 0.481 e. The molecule has 1 aromatic rings. The van der Waals surface area contributed by atoms with E-state index in [1.807, 2.05) is 0 Å². The van der Waals surface area contributed by atoms with Crippen LogP contribution in [0.5, 0.6) is 0 Å². The predicted octanol–water partition coefficient (Wildman–Crippen LogP) is 2.38. The quantitative estimate of drug-likeness (QED) is 0.838. The van der Waals surface area contributed by atoms with Crippen molar-refractivity contribution in [2.75, 3.05) is 6.61 Å². The van der Waals surface area contributed by atoms with E-state index in [1.54, 1.807) is 12.1 Å². The van der Waals surface area contributed by atoms with Crippen molar-refractivity contribution in [3.05, 3.63) is 35.6 Å². The van der Waals surface area contributed by atoms with Crippen molar-refractivity contribution in [2.24, 2.45) is 5.92 Å². The van der Waals surface area contributed by atoms with Crippen molar-refractivity contribution in [1.29, 1.82) is 0 Å². The highest BCUT2D eigenvalue weighted by molar-refractivity contribution is 5.71. The molecule has 1 aliphatic rings. The van der Waals surface area contributed by atoms with Crippen LogP contribution in [0.4, 0.5) is 4.39 Å². The van der Waals surface area contributed by atoms with Gasteiger partial charge in [0, 0.05) is 6.61 Å². The van der Waals surface area contributed by atoms with E-state index in [0.717, 1.165) is 6.42 Å². The molecule has 0 bridgehead atoms. The molecule has 0 aromatic heterocycles. The second-order valence-electron chi connectivity index (χ2n) is 3.93. The van der Waals surface area contributed by atoms with E-state index in [1.165, 1.54) is 12.1 Å². The van der Waals surface area contributed by atoms with E-state index in [2.05, 4.69) is 0 Å². The summed E-state index contributed by atoms with van der Waals surface area (Å²) >= 11 is 0. The molecule has 86 valence electrons. The number of rotatable bonds is 2. The molecule has 2 unspecified atom stereocenters. The molecule has 0 spiro atoms. The van der Waals surface area contributed by atoms with Gasteiger partial charge in [0.15, 0.2) is 0 Å². The lowest BCUT2D eigenvalue weighted by molar-refractivity contribution is -0.151. The highest BCUT2D eigenvalue weighted by Crippen LogP contribution is 2.33. The third kappa shape index (κ3) is 2.22. The Hall–Kier alpha value is -1.42. The fourth-order valence-corrected chi connectivity index (χ4v) is 2.05. The second-order valence-corrected chi connectivity index (χ2v) is 3.93. The number of hydrogen-bond acceptors (Lipinski definition) is 2.